The average molecular weight is 756 g/mol. The first-order valence-electron chi connectivity index (χ1n) is 2.05. The molecule has 0 unspecified atom stereocenters. The van der Waals surface area contributed by atoms with E-state index >= 15 is 0 Å². The zero-order valence-corrected chi connectivity index (χ0v) is 19.3. The zero-order chi connectivity index (χ0) is 10.6. The predicted molar refractivity (Wildman–Crippen MR) is 89.6 cm³/mol. The van der Waals surface area contributed by atoms with Crippen molar-refractivity contribution in [3.63, 3.8) is 0 Å². The van der Waals surface area contributed by atoms with E-state index in [9.17, 15) is 0 Å². The standard InChI is InChI=1S/C2HBr5.CBr4/c3-1(4)2(5,6)7;2-1(3,4)5/h1H;. The van der Waals surface area contributed by atoms with Crippen molar-refractivity contribution in [2.75, 3.05) is 0 Å². The topological polar surface area (TPSA) is 0 Å². The molecule has 0 atom stereocenters. The third kappa shape index (κ3) is 23.9. The lowest BCUT2D eigenvalue weighted by Gasteiger charge is -2.11. The molecule has 0 aliphatic carbocycles. The Morgan fingerprint density at radius 1 is 0.667 bits per heavy atom. The van der Waals surface area contributed by atoms with Gasteiger partial charge in [-0.15, -0.1) is 0 Å². The van der Waals surface area contributed by atoms with E-state index in [0.29, 0.717) is 0 Å². The third-order valence-electron chi connectivity index (χ3n) is 0.247. The maximum atomic E-state index is 3.28. The van der Waals surface area contributed by atoms with Crippen LogP contribution in [0.15, 0.2) is 0 Å². The summed E-state index contributed by atoms with van der Waals surface area (Å²) in [4.78, 5) is 0. The van der Waals surface area contributed by atoms with Crippen LogP contribution in [0.4, 0.5) is 0 Å². The predicted octanol–water partition coefficient (Wildman–Crippen LogP) is 7.12. The Morgan fingerprint density at radius 3 is 0.750 bits per heavy atom. The number of hydrogen-bond acceptors (Lipinski definition) is 0. The SMILES string of the molecule is BrC(Br)(Br)Br.BrC(Br)C(Br)(Br)Br. The summed E-state index contributed by atoms with van der Waals surface area (Å²) in [6.45, 7) is 0. The molecule has 0 N–H and O–H groups in total. The third-order valence-corrected chi connectivity index (χ3v) is 6.68. The van der Waals surface area contributed by atoms with Crippen molar-refractivity contribution < 1.29 is 0 Å². The molecule has 0 nitrogen and oxygen atoms in total. The van der Waals surface area contributed by atoms with Gasteiger partial charge in [0.05, 0.1) is 0 Å². The molecule has 0 spiro atoms. The van der Waals surface area contributed by atoms with Crippen LogP contribution in [-0.2, 0) is 0 Å². The molecule has 0 fully saturated rings. The molecule has 0 aromatic rings. The van der Waals surface area contributed by atoms with E-state index in [1.54, 1.807) is 0 Å². The van der Waals surface area contributed by atoms with E-state index in [-0.39, 0.29) is 6.93 Å². The van der Waals surface area contributed by atoms with Crippen molar-refractivity contribution in [2.24, 2.45) is 0 Å². The summed E-state index contributed by atoms with van der Waals surface area (Å²) in [5.74, 6) is 0. The second kappa shape index (κ2) is 8.42. The maximum absolute atomic E-state index is 3.28. The molecule has 12 heavy (non-hydrogen) atoms. The lowest BCUT2D eigenvalue weighted by molar-refractivity contribution is 1.40. The first kappa shape index (κ1) is 18.7. The highest BCUT2D eigenvalue weighted by Crippen LogP contribution is 2.43. The van der Waals surface area contributed by atoms with Gasteiger partial charge in [-0.2, -0.15) is 0 Å². The molecule has 0 heterocycles. The smallest absolute Gasteiger partial charge is 0.0730 e. The van der Waals surface area contributed by atoms with Crippen LogP contribution in [0.1, 0.15) is 0 Å². The molecule has 0 aliphatic heterocycles. The van der Waals surface area contributed by atoms with Gasteiger partial charge < -0.3 is 0 Å². The number of halogens is 9. The van der Waals surface area contributed by atoms with Gasteiger partial charge in [-0.05, 0) is 63.7 Å². The van der Waals surface area contributed by atoms with E-state index in [4.69, 9.17) is 0 Å². The molecule has 0 radical (unpaired) electrons. The molecule has 0 bridgehead atoms. The normalized spacial score (nSPS) is 12.5. The molecule has 0 aromatic heterocycles. The minimum Gasteiger partial charge on any atom is -0.0730 e. The van der Waals surface area contributed by atoms with Gasteiger partial charge in [0.25, 0.3) is 0 Å². The molecule has 0 amide bonds. The van der Waals surface area contributed by atoms with E-state index < -0.39 is 0 Å². The van der Waals surface area contributed by atoms with Gasteiger partial charge >= 0.3 is 0 Å². The van der Waals surface area contributed by atoms with Crippen molar-refractivity contribution in [1.29, 1.82) is 0 Å². The van der Waals surface area contributed by atoms with Gasteiger partial charge in [-0.1, -0.05) is 79.6 Å². The lowest BCUT2D eigenvalue weighted by atomic mass is 11.0. The lowest BCUT2D eigenvalue weighted by Crippen LogP contribution is -2.07. The molecule has 9 heteroatoms. The molecule has 0 rings (SSSR count). The summed E-state index contributed by atoms with van der Waals surface area (Å²) in [5, 5.41) is 0. The molecule has 0 saturated carbocycles. The van der Waals surface area contributed by atoms with E-state index in [1.165, 1.54) is 0 Å². The van der Waals surface area contributed by atoms with Crippen molar-refractivity contribution >= 4 is 143 Å². The van der Waals surface area contributed by atoms with Crippen molar-refractivity contribution in [3.05, 3.63) is 0 Å². The second-order valence-electron chi connectivity index (χ2n) is 1.27. The number of alkyl halides is 9. The fraction of sp³-hybridized carbons (Fsp3) is 1.00. The van der Waals surface area contributed by atoms with Crippen molar-refractivity contribution in [2.45, 2.75) is 6.93 Å². The Hall–Kier alpha value is 4.32. The maximum Gasteiger partial charge on any atom is 0.189 e. The Labute approximate surface area is 147 Å². The van der Waals surface area contributed by atoms with Gasteiger partial charge in [0.1, 0.15) is 3.74 Å². The van der Waals surface area contributed by atoms with Gasteiger partial charge in [0.15, 0.2) is 3.19 Å². The Morgan fingerprint density at radius 2 is 0.750 bits per heavy atom. The van der Waals surface area contributed by atoms with Crippen LogP contribution in [-0.4, -0.2) is 6.93 Å². The second-order valence-corrected chi connectivity index (χ2v) is 22.4. The Bertz CT molecular complexity index is 99.9. The first-order valence-corrected chi connectivity index (χ1v) is 9.43. The highest BCUT2D eigenvalue weighted by atomic mass is 80.0. The Kier molecular flexibility index (Phi) is 13.1. The summed E-state index contributed by atoms with van der Waals surface area (Å²) < 4.78 is -0.306. The van der Waals surface area contributed by atoms with Gasteiger partial charge in [0, 0.05) is 0 Å². The molecule has 0 aromatic carbocycles. The fourth-order valence-corrected chi connectivity index (χ4v) is 0. The van der Waals surface area contributed by atoms with Gasteiger partial charge in [-0.3, -0.25) is 0 Å². The minimum atomic E-state index is -0.250. The first-order chi connectivity index (χ1) is 4.94. The summed E-state index contributed by atoms with van der Waals surface area (Å²) >= 11 is 28.9. The summed E-state index contributed by atoms with van der Waals surface area (Å²) in [7, 11) is 0. The van der Waals surface area contributed by atoms with Crippen LogP contribution >= 0.6 is 143 Å². The van der Waals surface area contributed by atoms with E-state index in [2.05, 4.69) is 143 Å². The van der Waals surface area contributed by atoms with Crippen LogP contribution in [0.3, 0.4) is 0 Å². The molecular weight excluding hydrogens is 755 g/mol. The quantitative estimate of drug-likeness (QED) is 0.231. The van der Waals surface area contributed by atoms with Gasteiger partial charge in [0.2, 0.25) is 0 Å². The Balaban J connectivity index is 0. The molecular formula is C3HBr9. The summed E-state index contributed by atoms with van der Waals surface area (Å²) in [5.41, 5.74) is 0. The van der Waals surface area contributed by atoms with Crippen LogP contribution in [0.25, 0.3) is 0 Å². The largest absolute Gasteiger partial charge is 0.189 e. The van der Waals surface area contributed by atoms with Gasteiger partial charge in [-0.25, -0.2) is 0 Å². The fourth-order valence-electron chi connectivity index (χ4n) is 0. The average Bonchev–Trinajstić information content (AvgIpc) is 1.55. The van der Waals surface area contributed by atoms with E-state index in [1.807, 2.05) is 0 Å². The number of hydrogen-bond donors (Lipinski definition) is 0. The summed E-state index contributed by atoms with van der Waals surface area (Å²) in [6.07, 6.45) is 0. The molecule has 76 valence electrons. The van der Waals surface area contributed by atoms with Crippen LogP contribution < -0.4 is 0 Å². The zero-order valence-electron chi connectivity index (χ0n) is 4.98. The monoisotopic (exact) mass is 747 g/mol. The molecule has 0 aliphatic rings. The number of rotatable bonds is 0. The van der Waals surface area contributed by atoms with Crippen molar-refractivity contribution in [3.8, 4) is 0 Å². The van der Waals surface area contributed by atoms with Crippen LogP contribution in [0.5, 0.6) is 0 Å². The van der Waals surface area contributed by atoms with Crippen LogP contribution in [0.2, 0.25) is 0 Å². The van der Waals surface area contributed by atoms with Crippen molar-refractivity contribution in [1.82, 2.24) is 0 Å². The minimum absolute atomic E-state index is 0.174. The van der Waals surface area contributed by atoms with Crippen LogP contribution in [0, 0.1) is 0 Å². The summed E-state index contributed by atoms with van der Waals surface area (Å²) in [6, 6.07) is 0. The highest BCUT2D eigenvalue weighted by molar-refractivity contribution is 9.52. The molecule has 0 saturated heterocycles. The van der Waals surface area contributed by atoms with E-state index in [0.717, 1.165) is 0 Å². The highest BCUT2D eigenvalue weighted by Gasteiger charge is 2.25.